The van der Waals surface area contributed by atoms with Crippen LogP contribution in [0.1, 0.15) is 66.4 Å². The van der Waals surface area contributed by atoms with Gasteiger partial charge >= 0.3 is 0 Å². The summed E-state index contributed by atoms with van der Waals surface area (Å²) in [5.41, 5.74) is 1.94. The van der Waals surface area contributed by atoms with Crippen LogP contribution in [-0.2, 0) is 17.9 Å². The summed E-state index contributed by atoms with van der Waals surface area (Å²) in [5.74, 6) is -0.439. The monoisotopic (exact) mass is 358 g/mol. The predicted octanol–water partition coefficient (Wildman–Crippen LogP) is 3.14. The summed E-state index contributed by atoms with van der Waals surface area (Å²) >= 11 is 0. The fraction of sp³-hybridized carbons (Fsp3) is 0.526. The Morgan fingerprint density at radius 1 is 1.15 bits per heavy atom. The van der Waals surface area contributed by atoms with E-state index >= 15 is 0 Å². The normalized spacial score (nSPS) is 21.0. The van der Waals surface area contributed by atoms with E-state index in [1.165, 1.54) is 25.0 Å². The Morgan fingerprint density at radius 2 is 1.88 bits per heavy atom. The summed E-state index contributed by atoms with van der Waals surface area (Å²) in [4.78, 5) is 12.6. The highest BCUT2D eigenvalue weighted by molar-refractivity contribution is 5.93. The van der Waals surface area contributed by atoms with Crippen molar-refractivity contribution in [1.82, 2.24) is 20.3 Å². The molecule has 138 valence electrons. The van der Waals surface area contributed by atoms with Crippen molar-refractivity contribution in [3.05, 3.63) is 47.0 Å². The molecular formula is C19H23FN4O2. The van der Waals surface area contributed by atoms with Crippen LogP contribution in [0.25, 0.3) is 0 Å². The zero-order valence-corrected chi connectivity index (χ0v) is 14.7. The van der Waals surface area contributed by atoms with Gasteiger partial charge in [-0.2, -0.15) is 0 Å². The standard InChI is InChI=1S/C19H23FN4O2/c20-14-9-7-13(8-10-14)17-11-24-16(12-26-17)18(22-23-24)19(25)21-15-5-3-1-2-4-6-15/h7-10,15,17H,1-6,11-12H2,(H,21,25). The lowest BCUT2D eigenvalue weighted by molar-refractivity contribution is -0.00181. The van der Waals surface area contributed by atoms with Gasteiger partial charge in [-0.15, -0.1) is 5.10 Å². The quantitative estimate of drug-likeness (QED) is 0.856. The number of fused-ring (bicyclic) bond motifs is 1. The van der Waals surface area contributed by atoms with E-state index in [4.69, 9.17) is 4.74 Å². The average molecular weight is 358 g/mol. The minimum Gasteiger partial charge on any atom is -0.365 e. The van der Waals surface area contributed by atoms with Crippen LogP contribution in [0, 0.1) is 5.82 Å². The maximum absolute atomic E-state index is 13.1. The largest absolute Gasteiger partial charge is 0.365 e. The molecule has 1 aliphatic carbocycles. The minimum absolute atomic E-state index is 0.165. The topological polar surface area (TPSA) is 69.0 Å². The number of carbonyl (C=O) groups excluding carboxylic acids is 1. The van der Waals surface area contributed by atoms with E-state index in [0.29, 0.717) is 17.9 Å². The molecule has 7 heteroatoms. The zero-order chi connectivity index (χ0) is 17.9. The fourth-order valence-corrected chi connectivity index (χ4v) is 3.74. The summed E-state index contributed by atoms with van der Waals surface area (Å²) in [6.07, 6.45) is 6.64. The van der Waals surface area contributed by atoms with Gasteiger partial charge in [-0.05, 0) is 30.5 Å². The second-order valence-electron chi connectivity index (χ2n) is 7.08. The van der Waals surface area contributed by atoms with Gasteiger partial charge in [0.2, 0.25) is 0 Å². The molecule has 0 spiro atoms. The van der Waals surface area contributed by atoms with E-state index in [1.54, 1.807) is 16.8 Å². The van der Waals surface area contributed by atoms with E-state index in [0.717, 1.165) is 31.2 Å². The van der Waals surface area contributed by atoms with Gasteiger partial charge in [0.25, 0.3) is 5.91 Å². The van der Waals surface area contributed by atoms with Crippen molar-refractivity contribution in [2.24, 2.45) is 0 Å². The zero-order valence-electron chi connectivity index (χ0n) is 14.7. The lowest BCUT2D eigenvalue weighted by Gasteiger charge is -2.24. The number of ether oxygens (including phenoxy) is 1. The highest BCUT2D eigenvalue weighted by Crippen LogP contribution is 2.27. The summed E-state index contributed by atoms with van der Waals surface area (Å²) < 4.78 is 20.7. The molecule has 0 saturated heterocycles. The predicted molar refractivity (Wildman–Crippen MR) is 92.9 cm³/mol. The lowest BCUT2D eigenvalue weighted by Crippen LogP contribution is -2.35. The van der Waals surface area contributed by atoms with Crippen LogP contribution in [0.5, 0.6) is 0 Å². The molecule has 1 amide bonds. The first-order valence-electron chi connectivity index (χ1n) is 9.31. The molecule has 2 aromatic rings. The van der Waals surface area contributed by atoms with Crippen molar-refractivity contribution in [1.29, 1.82) is 0 Å². The van der Waals surface area contributed by atoms with Crippen LogP contribution < -0.4 is 5.32 Å². The Kier molecular flexibility index (Phi) is 4.97. The molecule has 6 nitrogen and oxygen atoms in total. The number of hydrogen-bond acceptors (Lipinski definition) is 4. The Labute approximate surface area is 151 Å². The molecule has 26 heavy (non-hydrogen) atoms. The van der Waals surface area contributed by atoms with Gasteiger partial charge in [-0.3, -0.25) is 4.79 Å². The molecule has 0 bridgehead atoms. The fourth-order valence-electron chi connectivity index (χ4n) is 3.74. The van der Waals surface area contributed by atoms with Gasteiger partial charge in [0.05, 0.1) is 18.8 Å². The Morgan fingerprint density at radius 3 is 2.62 bits per heavy atom. The number of hydrogen-bond donors (Lipinski definition) is 1. The molecule has 1 atom stereocenters. The van der Waals surface area contributed by atoms with Crippen molar-refractivity contribution < 1.29 is 13.9 Å². The van der Waals surface area contributed by atoms with E-state index in [2.05, 4.69) is 15.6 Å². The van der Waals surface area contributed by atoms with Crippen LogP contribution in [-0.4, -0.2) is 26.9 Å². The Bertz CT molecular complexity index is 766. The SMILES string of the molecule is O=C(NC1CCCCCC1)c1nnn2c1COC(c1ccc(F)cc1)C2. The third-order valence-corrected chi connectivity index (χ3v) is 5.24. The molecule has 1 aromatic heterocycles. The Hall–Kier alpha value is -2.28. The van der Waals surface area contributed by atoms with Crippen molar-refractivity contribution in [2.75, 3.05) is 0 Å². The highest BCUT2D eigenvalue weighted by Gasteiger charge is 2.28. The van der Waals surface area contributed by atoms with Crippen LogP contribution >= 0.6 is 0 Å². The molecule has 1 saturated carbocycles. The molecule has 1 unspecified atom stereocenters. The van der Waals surface area contributed by atoms with Crippen molar-refractivity contribution in [2.45, 2.75) is 63.8 Å². The third-order valence-electron chi connectivity index (χ3n) is 5.24. The average Bonchev–Trinajstić information content (AvgIpc) is 2.91. The first-order chi connectivity index (χ1) is 12.7. The first-order valence-corrected chi connectivity index (χ1v) is 9.31. The Balaban J connectivity index is 1.45. The van der Waals surface area contributed by atoms with E-state index in [-0.39, 0.29) is 30.5 Å². The molecule has 1 N–H and O–H groups in total. The number of amides is 1. The number of aromatic nitrogens is 3. The van der Waals surface area contributed by atoms with Crippen LogP contribution in [0.2, 0.25) is 0 Å². The smallest absolute Gasteiger partial charge is 0.274 e. The van der Waals surface area contributed by atoms with E-state index in [9.17, 15) is 9.18 Å². The third kappa shape index (κ3) is 3.62. The molecular weight excluding hydrogens is 335 g/mol. The van der Waals surface area contributed by atoms with Crippen LogP contribution in [0.4, 0.5) is 4.39 Å². The van der Waals surface area contributed by atoms with E-state index < -0.39 is 0 Å². The lowest BCUT2D eigenvalue weighted by atomic mass is 10.1. The van der Waals surface area contributed by atoms with Crippen molar-refractivity contribution in [3.8, 4) is 0 Å². The molecule has 1 fully saturated rings. The number of halogens is 1. The number of nitrogens with one attached hydrogen (secondary N) is 1. The molecule has 2 aliphatic rings. The summed E-state index contributed by atoms with van der Waals surface area (Å²) in [7, 11) is 0. The molecule has 0 radical (unpaired) electrons. The second-order valence-corrected chi connectivity index (χ2v) is 7.08. The molecule has 4 rings (SSSR count). The van der Waals surface area contributed by atoms with Gasteiger partial charge < -0.3 is 10.1 Å². The maximum Gasteiger partial charge on any atom is 0.274 e. The van der Waals surface area contributed by atoms with Gasteiger partial charge in [0.15, 0.2) is 5.69 Å². The molecule has 2 heterocycles. The first kappa shape index (κ1) is 17.1. The van der Waals surface area contributed by atoms with Crippen LogP contribution in [0.3, 0.4) is 0 Å². The number of rotatable bonds is 3. The summed E-state index contributed by atoms with van der Waals surface area (Å²) in [6.45, 7) is 0.729. The summed E-state index contributed by atoms with van der Waals surface area (Å²) in [5, 5.41) is 11.3. The van der Waals surface area contributed by atoms with Crippen LogP contribution in [0.15, 0.2) is 24.3 Å². The van der Waals surface area contributed by atoms with Gasteiger partial charge in [0, 0.05) is 6.04 Å². The van der Waals surface area contributed by atoms with Crippen molar-refractivity contribution in [3.63, 3.8) is 0 Å². The highest BCUT2D eigenvalue weighted by atomic mass is 19.1. The minimum atomic E-state index is -0.275. The van der Waals surface area contributed by atoms with E-state index in [1.807, 2.05) is 0 Å². The number of nitrogens with zero attached hydrogens (tertiary/aromatic N) is 3. The van der Waals surface area contributed by atoms with Crippen molar-refractivity contribution >= 4 is 5.91 Å². The van der Waals surface area contributed by atoms with Gasteiger partial charge in [0.1, 0.15) is 11.9 Å². The second kappa shape index (κ2) is 7.53. The van der Waals surface area contributed by atoms with Gasteiger partial charge in [-0.25, -0.2) is 9.07 Å². The van der Waals surface area contributed by atoms with Gasteiger partial charge in [-0.1, -0.05) is 43.0 Å². The summed E-state index contributed by atoms with van der Waals surface area (Å²) in [6, 6.07) is 6.48. The molecule has 1 aliphatic heterocycles. The number of benzene rings is 1. The maximum atomic E-state index is 13.1. The number of carbonyl (C=O) groups is 1. The molecule has 1 aromatic carbocycles.